The molecular weight excluding hydrogens is 390 g/mol. The van der Waals surface area contributed by atoms with Crippen molar-refractivity contribution in [3.63, 3.8) is 0 Å². The van der Waals surface area contributed by atoms with Crippen molar-refractivity contribution < 1.29 is 19.5 Å². The number of hydrogen-bond acceptors (Lipinski definition) is 5. The number of para-hydroxylation sites is 2. The van der Waals surface area contributed by atoms with E-state index in [1.807, 2.05) is 36.4 Å². The molecule has 29 heavy (non-hydrogen) atoms. The number of carbonyl (C=O) groups is 3. The summed E-state index contributed by atoms with van der Waals surface area (Å²) in [4.78, 5) is 38.3. The first-order chi connectivity index (χ1) is 14.0. The molecule has 2 atom stereocenters. The Morgan fingerprint density at radius 1 is 1.10 bits per heavy atom. The van der Waals surface area contributed by atoms with Crippen molar-refractivity contribution in [2.75, 3.05) is 11.1 Å². The smallest absolute Gasteiger partial charge is 0.352 e. The van der Waals surface area contributed by atoms with Crippen LogP contribution in [0.5, 0.6) is 0 Å². The third-order valence-electron chi connectivity index (χ3n) is 4.87. The van der Waals surface area contributed by atoms with Gasteiger partial charge >= 0.3 is 5.97 Å². The van der Waals surface area contributed by atoms with Crippen LogP contribution in [0.4, 0.5) is 11.4 Å². The van der Waals surface area contributed by atoms with Gasteiger partial charge in [0.25, 0.3) is 11.8 Å². The van der Waals surface area contributed by atoms with E-state index in [1.165, 1.54) is 16.7 Å². The molecule has 3 N–H and O–H groups in total. The minimum absolute atomic E-state index is 0.0235. The van der Waals surface area contributed by atoms with Crippen molar-refractivity contribution in [1.82, 2.24) is 10.2 Å². The van der Waals surface area contributed by atoms with Crippen molar-refractivity contribution >= 4 is 40.9 Å². The zero-order chi connectivity index (χ0) is 20.5. The quantitative estimate of drug-likeness (QED) is 0.657. The van der Waals surface area contributed by atoms with Crippen LogP contribution in [0.3, 0.4) is 0 Å². The normalized spacial score (nSPS) is 20.6. The summed E-state index contributed by atoms with van der Waals surface area (Å²) < 4.78 is 0. The van der Waals surface area contributed by atoms with Crippen molar-refractivity contribution in [3.05, 3.63) is 71.4 Å². The van der Waals surface area contributed by atoms with E-state index < -0.39 is 23.3 Å². The molecule has 0 bridgehead atoms. The predicted molar refractivity (Wildman–Crippen MR) is 111 cm³/mol. The second-order valence-corrected chi connectivity index (χ2v) is 7.94. The van der Waals surface area contributed by atoms with Crippen molar-refractivity contribution in [2.45, 2.75) is 18.3 Å². The average Bonchev–Trinajstić information content (AvgIpc) is 2.72. The second-order valence-electron chi connectivity index (χ2n) is 6.83. The summed E-state index contributed by atoms with van der Waals surface area (Å²) in [6.07, 6.45) is 0. The van der Waals surface area contributed by atoms with Gasteiger partial charge in [-0.15, -0.1) is 11.8 Å². The minimum Gasteiger partial charge on any atom is -0.477 e. The lowest BCUT2D eigenvalue weighted by Crippen LogP contribution is -2.70. The fraction of sp³-hybridized carbons (Fsp3) is 0.190. The maximum Gasteiger partial charge on any atom is 0.352 e. The van der Waals surface area contributed by atoms with Crippen LogP contribution in [0.1, 0.15) is 17.3 Å². The number of carbonyl (C=O) groups excluding carboxylic acids is 2. The van der Waals surface area contributed by atoms with Crippen LogP contribution in [0.25, 0.3) is 0 Å². The molecule has 1 fully saturated rings. The fourth-order valence-corrected chi connectivity index (χ4v) is 4.75. The highest BCUT2D eigenvalue weighted by Crippen LogP contribution is 2.40. The van der Waals surface area contributed by atoms with E-state index in [1.54, 1.807) is 25.1 Å². The Morgan fingerprint density at radius 2 is 1.79 bits per heavy atom. The molecule has 2 heterocycles. The molecule has 2 aromatic carbocycles. The van der Waals surface area contributed by atoms with Crippen LogP contribution in [0, 0.1) is 0 Å². The Bertz CT molecular complexity index is 1020. The number of β-lactam (4-membered cyclic amide) rings is 1. The molecule has 0 aromatic heterocycles. The first-order valence-corrected chi connectivity index (χ1v) is 10.1. The van der Waals surface area contributed by atoms with E-state index in [2.05, 4.69) is 10.6 Å². The van der Waals surface area contributed by atoms with E-state index in [-0.39, 0.29) is 11.6 Å². The Kier molecular flexibility index (Phi) is 5.02. The molecule has 8 heteroatoms. The van der Waals surface area contributed by atoms with Gasteiger partial charge in [0.1, 0.15) is 17.1 Å². The van der Waals surface area contributed by atoms with Gasteiger partial charge in [-0.3, -0.25) is 14.5 Å². The fourth-order valence-electron chi connectivity index (χ4n) is 3.46. The summed E-state index contributed by atoms with van der Waals surface area (Å²) in [5, 5.41) is 15.0. The molecular formula is C21H19N3O4S. The second kappa shape index (κ2) is 7.63. The lowest BCUT2D eigenvalue weighted by atomic mass is 10.0. The number of amides is 2. The lowest BCUT2D eigenvalue weighted by Gasteiger charge is -2.49. The van der Waals surface area contributed by atoms with Crippen LogP contribution >= 0.6 is 11.8 Å². The summed E-state index contributed by atoms with van der Waals surface area (Å²) in [5.41, 5.74) is 2.55. The van der Waals surface area contributed by atoms with Gasteiger partial charge in [0.2, 0.25) is 0 Å². The van der Waals surface area contributed by atoms with Crippen molar-refractivity contribution in [3.8, 4) is 0 Å². The van der Waals surface area contributed by atoms with Gasteiger partial charge < -0.3 is 15.7 Å². The number of anilines is 2. The van der Waals surface area contributed by atoms with Crippen LogP contribution in [-0.2, 0) is 9.59 Å². The van der Waals surface area contributed by atoms with E-state index in [9.17, 15) is 19.5 Å². The topological polar surface area (TPSA) is 98.7 Å². The SMILES string of the molecule is CC1=C(C(=O)O)N2C(=O)[C@@H](NC(=O)c3ccccc3Nc3ccccc3)C2SC1. The summed E-state index contributed by atoms with van der Waals surface area (Å²) in [7, 11) is 0. The monoisotopic (exact) mass is 409 g/mol. The standard InChI is InChI=1S/C21H19N3O4S/c1-12-11-29-20-16(19(26)24(20)17(12)21(27)28)23-18(25)14-9-5-6-10-15(14)22-13-7-3-2-4-8-13/h2-10,16,20,22H,11H2,1H3,(H,23,25)(H,27,28)/t16-,20?/m1/s1. The van der Waals surface area contributed by atoms with E-state index >= 15 is 0 Å². The highest BCUT2D eigenvalue weighted by Gasteiger charge is 2.53. The third-order valence-corrected chi connectivity index (χ3v) is 6.30. The molecule has 2 amide bonds. The summed E-state index contributed by atoms with van der Waals surface area (Å²) in [6.45, 7) is 1.71. The van der Waals surface area contributed by atoms with Gasteiger partial charge in [-0.05, 0) is 36.8 Å². The van der Waals surface area contributed by atoms with Gasteiger partial charge in [-0.25, -0.2) is 4.79 Å². The summed E-state index contributed by atoms with van der Waals surface area (Å²) in [6, 6.07) is 15.8. The van der Waals surface area contributed by atoms with Gasteiger partial charge in [-0.1, -0.05) is 30.3 Å². The number of benzene rings is 2. The molecule has 1 unspecified atom stereocenters. The highest BCUT2D eigenvalue weighted by molar-refractivity contribution is 8.00. The molecule has 2 aliphatic heterocycles. The van der Waals surface area contributed by atoms with E-state index in [0.717, 1.165) is 5.69 Å². The molecule has 0 radical (unpaired) electrons. The maximum absolute atomic E-state index is 12.9. The molecule has 2 aliphatic rings. The summed E-state index contributed by atoms with van der Waals surface area (Å²) >= 11 is 1.45. The number of nitrogens with zero attached hydrogens (tertiary/aromatic N) is 1. The molecule has 0 aliphatic carbocycles. The average molecular weight is 409 g/mol. The number of aliphatic carboxylic acids is 1. The maximum atomic E-state index is 12.9. The number of thioether (sulfide) groups is 1. The minimum atomic E-state index is -1.12. The predicted octanol–water partition coefficient (Wildman–Crippen LogP) is 2.80. The number of fused-ring (bicyclic) bond motifs is 1. The van der Waals surface area contributed by atoms with Crippen LogP contribution in [0.2, 0.25) is 0 Å². The number of rotatable bonds is 5. The Hall–Kier alpha value is -3.26. The number of carboxylic acids is 1. The number of hydrogen-bond donors (Lipinski definition) is 3. The Labute approximate surface area is 171 Å². The molecule has 148 valence electrons. The number of nitrogens with one attached hydrogen (secondary N) is 2. The molecule has 7 nitrogen and oxygen atoms in total. The van der Waals surface area contributed by atoms with Crippen LogP contribution < -0.4 is 10.6 Å². The van der Waals surface area contributed by atoms with Gasteiger partial charge in [0.15, 0.2) is 0 Å². The molecule has 0 saturated carbocycles. The van der Waals surface area contributed by atoms with E-state index in [0.29, 0.717) is 22.6 Å². The largest absolute Gasteiger partial charge is 0.477 e. The highest BCUT2D eigenvalue weighted by atomic mass is 32.2. The van der Waals surface area contributed by atoms with Gasteiger partial charge in [0.05, 0.1) is 11.3 Å². The molecule has 4 rings (SSSR count). The third kappa shape index (κ3) is 3.47. The van der Waals surface area contributed by atoms with Crippen LogP contribution in [0.15, 0.2) is 65.9 Å². The van der Waals surface area contributed by atoms with Gasteiger partial charge in [-0.2, -0.15) is 0 Å². The summed E-state index contributed by atoms with van der Waals surface area (Å²) in [5.74, 6) is -1.40. The molecule has 0 spiro atoms. The van der Waals surface area contributed by atoms with Crippen molar-refractivity contribution in [2.24, 2.45) is 0 Å². The lowest BCUT2D eigenvalue weighted by molar-refractivity contribution is -0.148. The zero-order valence-electron chi connectivity index (χ0n) is 15.6. The molecule has 2 aromatic rings. The first kappa shape index (κ1) is 19.1. The van der Waals surface area contributed by atoms with Crippen LogP contribution in [-0.4, -0.2) is 45.0 Å². The van der Waals surface area contributed by atoms with E-state index in [4.69, 9.17) is 0 Å². The van der Waals surface area contributed by atoms with Gasteiger partial charge in [0, 0.05) is 11.4 Å². The van der Waals surface area contributed by atoms with Crippen molar-refractivity contribution in [1.29, 1.82) is 0 Å². The zero-order valence-corrected chi connectivity index (χ0v) is 16.4. The first-order valence-electron chi connectivity index (χ1n) is 9.07. The molecule has 1 saturated heterocycles. The Morgan fingerprint density at radius 3 is 2.52 bits per heavy atom. The number of carboxylic acid groups (broad SMARTS) is 1. The Balaban J connectivity index is 1.52.